The van der Waals surface area contributed by atoms with Crippen LogP contribution >= 0.6 is 0 Å². The number of benzene rings is 1. The quantitative estimate of drug-likeness (QED) is 0.497. The lowest BCUT2D eigenvalue weighted by atomic mass is 10.1. The van der Waals surface area contributed by atoms with Gasteiger partial charge in [-0.05, 0) is 42.8 Å². The Morgan fingerprint density at radius 3 is 2.71 bits per heavy atom. The van der Waals surface area contributed by atoms with E-state index in [1.165, 1.54) is 12.1 Å². The Kier molecular flexibility index (Phi) is 5.99. The van der Waals surface area contributed by atoms with Gasteiger partial charge < -0.3 is 10.1 Å². The molecule has 0 aliphatic carbocycles. The molecular weight excluding hydrogens is 397 g/mol. The zero-order valence-electron chi connectivity index (χ0n) is 17.2. The van der Waals surface area contributed by atoms with E-state index in [-0.39, 0.29) is 30.8 Å². The number of rotatable bonds is 7. The van der Waals surface area contributed by atoms with E-state index in [4.69, 9.17) is 4.74 Å². The molecule has 0 saturated carbocycles. The van der Waals surface area contributed by atoms with Gasteiger partial charge in [0.25, 0.3) is 0 Å². The molecule has 1 atom stereocenters. The van der Waals surface area contributed by atoms with Crippen LogP contribution in [0.4, 0.5) is 4.39 Å². The first kappa shape index (κ1) is 20.6. The van der Waals surface area contributed by atoms with Crippen molar-refractivity contribution < 1.29 is 13.9 Å². The number of carbonyl (C=O) groups excluding carboxylic acids is 1. The SMILES string of the molecule is COC[C@@H](NC(=O)Cc1cc2cnn(-c3ccnc(C)c3)c2cn1)c1ccc(F)cc1. The fourth-order valence-corrected chi connectivity index (χ4v) is 3.43. The Hall–Kier alpha value is -3.65. The van der Waals surface area contributed by atoms with E-state index < -0.39 is 0 Å². The van der Waals surface area contributed by atoms with Crippen molar-refractivity contribution in [1.29, 1.82) is 0 Å². The van der Waals surface area contributed by atoms with Gasteiger partial charge in [0.2, 0.25) is 5.91 Å². The summed E-state index contributed by atoms with van der Waals surface area (Å²) in [5.74, 6) is -0.526. The van der Waals surface area contributed by atoms with Crippen LogP contribution in [0.25, 0.3) is 16.6 Å². The number of nitrogens with one attached hydrogen (secondary N) is 1. The molecule has 0 radical (unpaired) electrons. The van der Waals surface area contributed by atoms with Crippen LogP contribution in [0.2, 0.25) is 0 Å². The normalized spacial score (nSPS) is 12.1. The third-order valence-electron chi connectivity index (χ3n) is 4.92. The Morgan fingerprint density at radius 1 is 1.16 bits per heavy atom. The number of pyridine rings is 2. The van der Waals surface area contributed by atoms with Crippen LogP contribution in [0.3, 0.4) is 0 Å². The summed E-state index contributed by atoms with van der Waals surface area (Å²) in [5, 5.41) is 8.27. The predicted octanol–water partition coefficient (Wildman–Crippen LogP) is 3.31. The van der Waals surface area contributed by atoms with Crippen LogP contribution in [0.5, 0.6) is 0 Å². The second kappa shape index (κ2) is 9.01. The maximum atomic E-state index is 13.2. The fraction of sp³-hybridized carbons (Fsp3) is 0.217. The van der Waals surface area contributed by atoms with E-state index in [1.807, 2.05) is 25.1 Å². The van der Waals surface area contributed by atoms with Gasteiger partial charge in [-0.15, -0.1) is 0 Å². The highest BCUT2D eigenvalue weighted by Gasteiger charge is 2.16. The molecule has 8 heteroatoms. The molecule has 0 unspecified atom stereocenters. The van der Waals surface area contributed by atoms with Crippen LogP contribution in [0.1, 0.15) is 23.0 Å². The highest BCUT2D eigenvalue weighted by Crippen LogP contribution is 2.19. The molecule has 158 valence electrons. The minimum absolute atomic E-state index is 0.108. The topological polar surface area (TPSA) is 81.9 Å². The van der Waals surface area contributed by atoms with E-state index in [9.17, 15) is 9.18 Å². The molecule has 1 N–H and O–H groups in total. The lowest BCUT2D eigenvalue weighted by Crippen LogP contribution is -2.32. The van der Waals surface area contributed by atoms with Gasteiger partial charge >= 0.3 is 0 Å². The Morgan fingerprint density at radius 2 is 1.97 bits per heavy atom. The number of methoxy groups -OCH3 is 1. The lowest BCUT2D eigenvalue weighted by molar-refractivity contribution is -0.121. The number of hydrogen-bond donors (Lipinski definition) is 1. The summed E-state index contributed by atoms with van der Waals surface area (Å²) >= 11 is 0. The summed E-state index contributed by atoms with van der Waals surface area (Å²) in [6.07, 6.45) is 5.31. The summed E-state index contributed by atoms with van der Waals surface area (Å²) in [4.78, 5) is 21.3. The van der Waals surface area contributed by atoms with Gasteiger partial charge in [0.05, 0.1) is 48.4 Å². The number of fused-ring (bicyclic) bond motifs is 1. The summed E-state index contributed by atoms with van der Waals surface area (Å²) in [7, 11) is 1.56. The van der Waals surface area contributed by atoms with Crippen molar-refractivity contribution in [2.24, 2.45) is 0 Å². The van der Waals surface area contributed by atoms with Crippen LogP contribution < -0.4 is 5.32 Å². The van der Waals surface area contributed by atoms with Crippen molar-refractivity contribution in [2.75, 3.05) is 13.7 Å². The smallest absolute Gasteiger partial charge is 0.226 e. The molecule has 31 heavy (non-hydrogen) atoms. The summed E-state index contributed by atoms with van der Waals surface area (Å²) in [6.45, 7) is 2.20. The number of hydrogen-bond acceptors (Lipinski definition) is 5. The second-order valence-corrected chi connectivity index (χ2v) is 7.25. The number of amides is 1. The highest BCUT2D eigenvalue weighted by atomic mass is 19.1. The monoisotopic (exact) mass is 419 g/mol. The third kappa shape index (κ3) is 4.75. The van der Waals surface area contributed by atoms with E-state index >= 15 is 0 Å². The zero-order valence-corrected chi connectivity index (χ0v) is 17.2. The van der Waals surface area contributed by atoms with Crippen LogP contribution in [0, 0.1) is 12.7 Å². The molecule has 3 aromatic heterocycles. The van der Waals surface area contributed by atoms with Gasteiger partial charge in [-0.25, -0.2) is 9.07 Å². The first-order valence-corrected chi connectivity index (χ1v) is 9.83. The average molecular weight is 419 g/mol. The lowest BCUT2D eigenvalue weighted by Gasteiger charge is -2.18. The molecule has 4 rings (SSSR count). The van der Waals surface area contributed by atoms with Crippen molar-refractivity contribution in [1.82, 2.24) is 25.1 Å². The van der Waals surface area contributed by atoms with E-state index in [1.54, 1.807) is 42.5 Å². The number of carbonyl (C=O) groups is 1. The third-order valence-corrected chi connectivity index (χ3v) is 4.92. The molecular formula is C23H22FN5O2. The number of halogens is 1. The van der Waals surface area contributed by atoms with Crippen LogP contribution in [0.15, 0.2) is 61.1 Å². The fourth-order valence-electron chi connectivity index (χ4n) is 3.43. The number of aromatic nitrogens is 4. The van der Waals surface area contributed by atoms with Crippen molar-refractivity contribution in [3.05, 3.63) is 83.8 Å². The van der Waals surface area contributed by atoms with Crippen molar-refractivity contribution in [3.63, 3.8) is 0 Å². The second-order valence-electron chi connectivity index (χ2n) is 7.25. The van der Waals surface area contributed by atoms with Crippen molar-refractivity contribution in [3.8, 4) is 5.69 Å². The molecule has 1 aromatic carbocycles. The molecule has 4 aromatic rings. The van der Waals surface area contributed by atoms with Gasteiger partial charge in [-0.1, -0.05) is 12.1 Å². The largest absolute Gasteiger partial charge is 0.382 e. The van der Waals surface area contributed by atoms with Gasteiger partial charge in [0.1, 0.15) is 5.82 Å². The molecule has 3 heterocycles. The van der Waals surface area contributed by atoms with Crippen LogP contribution in [-0.2, 0) is 16.0 Å². The minimum Gasteiger partial charge on any atom is -0.382 e. The molecule has 0 spiro atoms. The minimum atomic E-state index is -0.375. The Balaban J connectivity index is 1.50. The van der Waals surface area contributed by atoms with Gasteiger partial charge in [0.15, 0.2) is 0 Å². The van der Waals surface area contributed by atoms with Gasteiger partial charge in [-0.3, -0.25) is 14.8 Å². The predicted molar refractivity (Wildman–Crippen MR) is 114 cm³/mol. The van der Waals surface area contributed by atoms with Crippen molar-refractivity contribution >= 4 is 16.8 Å². The first-order valence-electron chi connectivity index (χ1n) is 9.83. The molecule has 0 fully saturated rings. The summed E-state index contributed by atoms with van der Waals surface area (Å²) < 4.78 is 20.2. The number of nitrogens with zero attached hydrogens (tertiary/aromatic N) is 4. The van der Waals surface area contributed by atoms with E-state index in [2.05, 4.69) is 20.4 Å². The maximum Gasteiger partial charge on any atom is 0.226 e. The van der Waals surface area contributed by atoms with E-state index in [0.29, 0.717) is 5.69 Å². The Labute approximate surface area is 178 Å². The maximum absolute atomic E-state index is 13.2. The number of ether oxygens (including phenoxy) is 1. The Bertz CT molecular complexity index is 1210. The van der Waals surface area contributed by atoms with Crippen molar-refractivity contribution in [2.45, 2.75) is 19.4 Å². The molecule has 7 nitrogen and oxygen atoms in total. The highest BCUT2D eigenvalue weighted by molar-refractivity contribution is 5.83. The van der Waals surface area contributed by atoms with E-state index in [0.717, 1.165) is 27.8 Å². The zero-order chi connectivity index (χ0) is 21.8. The molecule has 0 aliphatic heterocycles. The van der Waals surface area contributed by atoms with Gasteiger partial charge in [-0.2, -0.15) is 5.10 Å². The van der Waals surface area contributed by atoms with Gasteiger partial charge in [0, 0.05) is 24.4 Å². The molecule has 0 saturated heterocycles. The molecule has 0 bridgehead atoms. The average Bonchev–Trinajstić information content (AvgIpc) is 3.17. The standard InChI is InChI=1S/C23H22FN5O2/c1-15-9-20(7-8-25-15)29-22-13-26-19(10-17(22)12-27-29)11-23(30)28-21(14-31-2)16-3-5-18(24)6-4-16/h3-10,12-13,21H,11,14H2,1-2H3,(H,28,30)/t21-/m1/s1. The summed E-state index contributed by atoms with van der Waals surface area (Å²) in [6, 6.07) is 11.3. The number of aryl methyl sites for hydroxylation is 1. The molecule has 1 amide bonds. The van der Waals surface area contributed by atoms with Crippen LogP contribution in [-0.4, -0.2) is 39.4 Å². The summed E-state index contributed by atoms with van der Waals surface area (Å²) in [5.41, 5.74) is 4.05. The first-order chi connectivity index (χ1) is 15.0. The molecule has 0 aliphatic rings.